The third kappa shape index (κ3) is 3.62. The zero-order chi connectivity index (χ0) is 18.7. The Bertz CT molecular complexity index is 750. The molecule has 0 radical (unpaired) electrons. The summed E-state index contributed by atoms with van der Waals surface area (Å²) >= 11 is 0. The highest BCUT2D eigenvalue weighted by molar-refractivity contribution is 5.80. The average Bonchev–Trinajstić information content (AvgIpc) is 3.48. The van der Waals surface area contributed by atoms with Crippen LogP contribution in [0.4, 0.5) is 0 Å². The van der Waals surface area contributed by atoms with Crippen molar-refractivity contribution in [1.29, 1.82) is 0 Å². The zero-order valence-electron chi connectivity index (χ0n) is 15.7. The van der Waals surface area contributed by atoms with E-state index in [2.05, 4.69) is 12.1 Å². The molecule has 0 bridgehead atoms. The highest BCUT2D eigenvalue weighted by Gasteiger charge is 2.42. The molecule has 0 aliphatic heterocycles. The Morgan fingerprint density at radius 3 is 2.19 bits per heavy atom. The highest BCUT2D eigenvalue weighted by Crippen LogP contribution is 2.44. The first-order valence-corrected chi connectivity index (χ1v) is 8.68. The van der Waals surface area contributed by atoms with E-state index < -0.39 is 0 Å². The van der Waals surface area contributed by atoms with E-state index in [-0.39, 0.29) is 11.9 Å². The minimum atomic E-state index is 0.0858. The van der Waals surface area contributed by atoms with Crippen LogP contribution < -0.4 is 14.2 Å². The van der Waals surface area contributed by atoms with Gasteiger partial charge in [-0.1, -0.05) is 30.3 Å². The van der Waals surface area contributed by atoms with Gasteiger partial charge in [-0.2, -0.15) is 0 Å². The first kappa shape index (κ1) is 18.1. The van der Waals surface area contributed by atoms with Crippen molar-refractivity contribution in [3.8, 4) is 17.2 Å². The monoisotopic (exact) mass is 355 g/mol. The second kappa shape index (κ2) is 7.68. The number of nitrogens with zero attached hydrogens (tertiary/aromatic N) is 1. The lowest BCUT2D eigenvalue weighted by Gasteiger charge is -2.19. The molecule has 5 heteroatoms. The molecule has 138 valence electrons. The van der Waals surface area contributed by atoms with Crippen LogP contribution in [-0.2, 0) is 11.2 Å². The molecule has 0 saturated heterocycles. The first-order chi connectivity index (χ1) is 12.6. The molecular weight excluding hydrogens is 330 g/mol. The van der Waals surface area contributed by atoms with Crippen LogP contribution >= 0.6 is 0 Å². The summed E-state index contributed by atoms with van der Waals surface area (Å²) < 4.78 is 16.1. The van der Waals surface area contributed by atoms with E-state index in [4.69, 9.17) is 14.2 Å². The molecule has 5 nitrogen and oxygen atoms in total. The van der Waals surface area contributed by atoms with Crippen molar-refractivity contribution in [3.63, 3.8) is 0 Å². The molecule has 1 aliphatic rings. The third-order valence-electron chi connectivity index (χ3n) is 4.96. The van der Waals surface area contributed by atoms with Gasteiger partial charge < -0.3 is 19.1 Å². The lowest BCUT2D eigenvalue weighted by Crippen LogP contribution is -2.31. The van der Waals surface area contributed by atoms with Crippen molar-refractivity contribution in [3.05, 3.63) is 53.6 Å². The molecule has 1 amide bonds. The molecule has 1 fully saturated rings. The molecular formula is C21H25NO4. The normalized spacial score (nSPS) is 18.2. The molecule has 2 aromatic carbocycles. The van der Waals surface area contributed by atoms with Crippen molar-refractivity contribution in [2.75, 3.05) is 28.4 Å². The number of likely N-dealkylation sites (N-methyl/N-ethyl adjacent to an activating group) is 1. The summed E-state index contributed by atoms with van der Waals surface area (Å²) in [7, 11) is 6.59. The summed E-state index contributed by atoms with van der Waals surface area (Å²) in [5.74, 6) is 2.18. The lowest BCUT2D eigenvalue weighted by atomic mass is 10.1. The average molecular weight is 355 g/mol. The molecule has 0 N–H and O–H groups in total. The van der Waals surface area contributed by atoms with Gasteiger partial charge in [0.1, 0.15) is 0 Å². The van der Waals surface area contributed by atoms with Crippen molar-refractivity contribution in [2.45, 2.75) is 24.8 Å². The van der Waals surface area contributed by atoms with Gasteiger partial charge in [-0.25, -0.2) is 0 Å². The van der Waals surface area contributed by atoms with Crippen LogP contribution in [0.5, 0.6) is 17.2 Å². The minimum absolute atomic E-state index is 0.0858. The first-order valence-electron chi connectivity index (χ1n) is 8.68. The second-order valence-electron chi connectivity index (χ2n) is 6.54. The fourth-order valence-electron chi connectivity index (χ4n) is 3.39. The predicted molar refractivity (Wildman–Crippen MR) is 100 cm³/mol. The van der Waals surface area contributed by atoms with E-state index in [0.717, 1.165) is 12.0 Å². The predicted octanol–water partition coefficient (Wildman–Crippen LogP) is 3.27. The van der Waals surface area contributed by atoms with Crippen LogP contribution in [0.1, 0.15) is 23.5 Å². The van der Waals surface area contributed by atoms with Gasteiger partial charge in [-0.15, -0.1) is 0 Å². The third-order valence-corrected chi connectivity index (χ3v) is 4.96. The van der Waals surface area contributed by atoms with Crippen molar-refractivity contribution < 1.29 is 19.0 Å². The smallest absolute Gasteiger partial charge is 0.227 e. The Hall–Kier alpha value is -2.69. The van der Waals surface area contributed by atoms with Gasteiger partial charge in [-0.3, -0.25) is 4.79 Å². The molecule has 0 unspecified atom stereocenters. The Labute approximate surface area is 154 Å². The summed E-state index contributed by atoms with van der Waals surface area (Å²) in [4.78, 5) is 14.6. The van der Waals surface area contributed by atoms with Crippen LogP contribution in [-0.4, -0.2) is 45.2 Å². The number of amides is 1. The highest BCUT2D eigenvalue weighted by atomic mass is 16.5. The molecule has 2 atom stereocenters. The van der Waals surface area contributed by atoms with Gasteiger partial charge in [0.05, 0.1) is 27.8 Å². The van der Waals surface area contributed by atoms with Gasteiger partial charge in [0.25, 0.3) is 0 Å². The van der Waals surface area contributed by atoms with Crippen molar-refractivity contribution in [2.24, 2.45) is 0 Å². The summed E-state index contributed by atoms with van der Waals surface area (Å²) in [6, 6.07) is 14.3. The summed E-state index contributed by atoms with van der Waals surface area (Å²) in [6.45, 7) is 0. The maximum atomic E-state index is 12.7. The summed E-state index contributed by atoms with van der Waals surface area (Å²) in [6.07, 6.45) is 1.31. The fraction of sp³-hybridized carbons (Fsp3) is 0.381. The number of hydrogen-bond acceptors (Lipinski definition) is 4. The van der Waals surface area contributed by atoms with Gasteiger partial charge in [-0.05, 0) is 29.7 Å². The quantitative estimate of drug-likeness (QED) is 0.765. The molecule has 1 aliphatic carbocycles. The van der Waals surface area contributed by atoms with Crippen LogP contribution in [0.25, 0.3) is 0 Å². The van der Waals surface area contributed by atoms with Gasteiger partial charge in [0, 0.05) is 19.0 Å². The van der Waals surface area contributed by atoms with Crippen LogP contribution in [0.15, 0.2) is 42.5 Å². The number of methoxy groups -OCH3 is 3. The van der Waals surface area contributed by atoms with E-state index in [1.165, 1.54) is 5.56 Å². The lowest BCUT2D eigenvalue weighted by molar-refractivity contribution is -0.129. The number of carbonyl (C=O) groups is 1. The van der Waals surface area contributed by atoms with Gasteiger partial charge in [0.2, 0.25) is 11.7 Å². The Kier molecular flexibility index (Phi) is 5.35. The SMILES string of the molecule is COc1cc(CC(=O)N(C)[C@H]2C[C@@H]2c2ccccc2)cc(OC)c1OC. The summed E-state index contributed by atoms with van der Waals surface area (Å²) in [5, 5.41) is 0. The standard InChI is InChI=1S/C21H25NO4/c1-22(17-13-16(17)15-8-6-5-7-9-15)20(23)12-14-10-18(24-2)21(26-4)19(11-14)25-3/h5-11,16-17H,12-13H2,1-4H3/t16-,17+/m1/s1. The van der Waals surface area contributed by atoms with Crippen molar-refractivity contribution >= 4 is 5.91 Å². The van der Waals surface area contributed by atoms with E-state index >= 15 is 0 Å². The second-order valence-corrected chi connectivity index (χ2v) is 6.54. The maximum absolute atomic E-state index is 12.7. The van der Waals surface area contributed by atoms with Crippen LogP contribution in [0.3, 0.4) is 0 Å². The molecule has 0 aromatic heterocycles. The number of rotatable bonds is 7. The molecule has 0 spiro atoms. The molecule has 2 aromatic rings. The fourth-order valence-corrected chi connectivity index (χ4v) is 3.39. The van der Waals surface area contributed by atoms with Crippen molar-refractivity contribution in [1.82, 2.24) is 4.90 Å². The maximum Gasteiger partial charge on any atom is 0.227 e. The zero-order valence-corrected chi connectivity index (χ0v) is 15.7. The van der Waals surface area contributed by atoms with E-state index in [1.807, 2.05) is 42.3 Å². The molecule has 0 heterocycles. The van der Waals surface area contributed by atoms with E-state index in [1.54, 1.807) is 21.3 Å². The Balaban J connectivity index is 1.70. The van der Waals surface area contributed by atoms with Gasteiger partial charge >= 0.3 is 0 Å². The van der Waals surface area contributed by atoms with Crippen LogP contribution in [0, 0.1) is 0 Å². The Morgan fingerprint density at radius 1 is 1.04 bits per heavy atom. The molecule has 26 heavy (non-hydrogen) atoms. The number of carbonyl (C=O) groups excluding carboxylic acids is 1. The molecule has 1 saturated carbocycles. The topological polar surface area (TPSA) is 48.0 Å². The largest absolute Gasteiger partial charge is 0.493 e. The number of hydrogen-bond donors (Lipinski definition) is 0. The van der Waals surface area contributed by atoms with E-state index in [9.17, 15) is 4.79 Å². The van der Waals surface area contributed by atoms with Crippen LogP contribution in [0.2, 0.25) is 0 Å². The Morgan fingerprint density at radius 2 is 1.65 bits per heavy atom. The number of benzene rings is 2. The minimum Gasteiger partial charge on any atom is -0.493 e. The van der Waals surface area contributed by atoms with Gasteiger partial charge in [0.15, 0.2) is 11.5 Å². The van der Waals surface area contributed by atoms with E-state index in [0.29, 0.717) is 29.6 Å². The number of ether oxygens (including phenoxy) is 3. The summed E-state index contributed by atoms with van der Waals surface area (Å²) in [5.41, 5.74) is 2.14. The molecule has 3 rings (SSSR count).